The summed E-state index contributed by atoms with van der Waals surface area (Å²) in [6.45, 7) is 3.15. The number of anilines is 1. The highest BCUT2D eigenvalue weighted by Crippen LogP contribution is 2.28. The zero-order valence-electron chi connectivity index (χ0n) is 11.0. The van der Waals surface area contributed by atoms with E-state index < -0.39 is 10.7 Å². The summed E-state index contributed by atoms with van der Waals surface area (Å²) in [7, 11) is 0. The van der Waals surface area contributed by atoms with Crippen molar-refractivity contribution in [2.75, 3.05) is 31.1 Å². The van der Waals surface area contributed by atoms with E-state index in [0.717, 1.165) is 44.4 Å². The Hall–Kier alpha value is -2.55. The van der Waals surface area contributed by atoms with Gasteiger partial charge >= 0.3 is 0 Å². The first kappa shape index (κ1) is 13.4. The first-order chi connectivity index (χ1) is 10.1. The maximum atomic E-state index is 13.4. The largest absolute Gasteiger partial charge is 0.337 e. The molecule has 2 aromatic rings. The number of nitro benzene ring substituents is 1. The minimum absolute atomic E-state index is 0.0916. The predicted molar refractivity (Wildman–Crippen MR) is 73.5 cm³/mol. The predicted octanol–water partition coefficient (Wildman–Crippen LogP) is 0.929. The normalized spacial score (nSPS) is 15.2. The number of rotatable bonds is 3. The van der Waals surface area contributed by atoms with Crippen LogP contribution in [0.25, 0.3) is 11.4 Å². The van der Waals surface area contributed by atoms with Gasteiger partial charge in [0, 0.05) is 32.2 Å². The lowest BCUT2D eigenvalue weighted by Gasteiger charge is -2.25. The molecule has 1 aromatic carbocycles. The van der Waals surface area contributed by atoms with Crippen LogP contribution >= 0.6 is 0 Å². The molecule has 1 aliphatic rings. The summed E-state index contributed by atoms with van der Waals surface area (Å²) in [5.74, 6) is 0.0931. The van der Waals surface area contributed by atoms with E-state index in [1.807, 2.05) is 4.90 Å². The van der Waals surface area contributed by atoms with Gasteiger partial charge in [-0.05, 0) is 12.1 Å². The first-order valence-electron chi connectivity index (χ1n) is 6.47. The molecule has 2 heterocycles. The van der Waals surface area contributed by atoms with Crippen molar-refractivity contribution in [2.24, 2.45) is 0 Å². The number of halogens is 1. The van der Waals surface area contributed by atoms with Gasteiger partial charge in [0.1, 0.15) is 5.82 Å². The monoisotopic (exact) mass is 292 g/mol. The smallest absolute Gasteiger partial charge is 0.280 e. The van der Waals surface area contributed by atoms with Gasteiger partial charge in [-0.3, -0.25) is 15.2 Å². The third-order valence-corrected chi connectivity index (χ3v) is 3.28. The Kier molecular flexibility index (Phi) is 3.48. The molecule has 8 nitrogen and oxygen atoms in total. The molecule has 0 saturated carbocycles. The average Bonchev–Trinajstić information content (AvgIpc) is 2.97. The van der Waals surface area contributed by atoms with Crippen molar-refractivity contribution >= 4 is 11.6 Å². The number of aromatic amines is 1. The van der Waals surface area contributed by atoms with Crippen molar-refractivity contribution in [3.05, 3.63) is 34.1 Å². The summed E-state index contributed by atoms with van der Waals surface area (Å²) >= 11 is 0. The number of nitro groups is 1. The van der Waals surface area contributed by atoms with E-state index in [-0.39, 0.29) is 17.1 Å². The van der Waals surface area contributed by atoms with Crippen LogP contribution in [0.15, 0.2) is 18.2 Å². The lowest BCUT2D eigenvalue weighted by atomic mass is 10.1. The zero-order valence-corrected chi connectivity index (χ0v) is 11.0. The van der Waals surface area contributed by atoms with Crippen LogP contribution in [0.5, 0.6) is 0 Å². The van der Waals surface area contributed by atoms with Crippen molar-refractivity contribution in [1.29, 1.82) is 0 Å². The zero-order chi connectivity index (χ0) is 14.8. The highest BCUT2D eigenvalue weighted by Gasteiger charge is 2.21. The number of H-pyrrole nitrogens is 1. The van der Waals surface area contributed by atoms with Gasteiger partial charge in [-0.1, -0.05) is 0 Å². The lowest BCUT2D eigenvalue weighted by Crippen LogP contribution is -2.44. The van der Waals surface area contributed by atoms with E-state index in [0.29, 0.717) is 5.95 Å². The standard InChI is InChI=1S/C12H13FN6O2/c13-8-1-2-10(19(20)21)9(7-8)11-15-12(17-16-11)18-5-3-14-4-6-18/h1-2,7,14H,3-6H2,(H,15,16,17). The summed E-state index contributed by atoms with van der Waals surface area (Å²) < 4.78 is 13.4. The molecule has 0 unspecified atom stereocenters. The highest BCUT2D eigenvalue weighted by molar-refractivity contribution is 5.68. The molecule has 1 aliphatic heterocycles. The maximum Gasteiger partial charge on any atom is 0.280 e. The van der Waals surface area contributed by atoms with Crippen LogP contribution in [0, 0.1) is 15.9 Å². The Bertz CT molecular complexity index is 668. The summed E-state index contributed by atoms with van der Waals surface area (Å²) in [5.41, 5.74) is -0.117. The molecule has 0 amide bonds. The Morgan fingerprint density at radius 2 is 2.10 bits per heavy atom. The Labute approximate surface area is 119 Å². The van der Waals surface area contributed by atoms with Crippen molar-refractivity contribution in [3.63, 3.8) is 0 Å². The van der Waals surface area contributed by atoms with E-state index in [1.54, 1.807) is 0 Å². The number of aromatic nitrogens is 3. The number of hydrogen-bond acceptors (Lipinski definition) is 6. The maximum absolute atomic E-state index is 13.4. The minimum Gasteiger partial charge on any atom is -0.337 e. The van der Waals surface area contributed by atoms with E-state index in [4.69, 9.17) is 0 Å². The number of nitrogens with zero attached hydrogens (tertiary/aromatic N) is 4. The molecule has 0 spiro atoms. The van der Waals surface area contributed by atoms with Crippen molar-refractivity contribution in [2.45, 2.75) is 0 Å². The van der Waals surface area contributed by atoms with Gasteiger partial charge in [-0.15, -0.1) is 5.10 Å². The Morgan fingerprint density at radius 1 is 1.33 bits per heavy atom. The van der Waals surface area contributed by atoms with Gasteiger partial charge in [-0.25, -0.2) is 4.39 Å². The van der Waals surface area contributed by atoms with Crippen LogP contribution in [-0.4, -0.2) is 46.3 Å². The van der Waals surface area contributed by atoms with E-state index in [9.17, 15) is 14.5 Å². The molecule has 0 aliphatic carbocycles. The Balaban J connectivity index is 1.95. The van der Waals surface area contributed by atoms with Gasteiger partial charge in [0.2, 0.25) is 5.95 Å². The lowest BCUT2D eigenvalue weighted by molar-refractivity contribution is -0.384. The minimum atomic E-state index is -0.568. The molecule has 0 radical (unpaired) electrons. The highest BCUT2D eigenvalue weighted by atomic mass is 19.1. The Morgan fingerprint density at radius 3 is 2.81 bits per heavy atom. The molecule has 2 N–H and O–H groups in total. The molecule has 110 valence electrons. The van der Waals surface area contributed by atoms with E-state index in [2.05, 4.69) is 20.5 Å². The molecule has 0 atom stereocenters. The molecule has 21 heavy (non-hydrogen) atoms. The van der Waals surface area contributed by atoms with Gasteiger partial charge < -0.3 is 10.2 Å². The third-order valence-electron chi connectivity index (χ3n) is 3.28. The quantitative estimate of drug-likeness (QED) is 0.645. The summed E-state index contributed by atoms with van der Waals surface area (Å²) in [6.07, 6.45) is 0. The van der Waals surface area contributed by atoms with Crippen LogP contribution in [0.2, 0.25) is 0 Å². The van der Waals surface area contributed by atoms with Crippen molar-refractivity contribution in [3.8, 4) is 11.4 Å². The van der Waals surface area contributed by atoms with Gasteiger partial charge in [-0.2, -0.15) is 4.98 Å². The van der Waals surface area contributed by atoms with Crippen LogP contribution in [0.3, 0.4) is 0 Å². The second kappa shape index (κ2) is 5.44. The van der Waals surface area contributed by atoms with Crippen LogP contribution in [-0.2, 0) is 0 Å². The van der Waals surface area contributed by atoms with Gasteiger partial charge in [0.15, 0.2) is 5.82 Å². The molecule has 1 saturated heterocycles. The van der Waals surface area contributed by atoms with E-state index >= 15 is 0 Å². The van der Waals surface area contributed by atoms with Crippen molar-refractivity contribution in [1.82, 2.24) is 20.5 Å². The summed E-state index contributed by atoms with van der Waals surface area (Å²) in [4.78, 5) is 16.7. The SMILES string of the molecule is O=[N+]([O-])c1ccc(F)cc1-c1nc(N2CCNCC2)n[nH]1. The van der Waals surface area contributed by atoms with Crippen LogP contribution < -0.4 is 10.2 Å². The molecular formula is C12H13FN6O2. The number of piperazine rings is 1. The second-order valence-electron chi connectivity index (χ2n) is 4.64. The van der Waals surface area contributed by atoms with Gasteiger partial charge in [0.25, 0.3) is 5.69 Å². The molecule has 1 fully saturated rings. The van der Waals surface area contributed by atoms with Crippen molar-refractivity contribution < 1.29 is 9.31 Å². The summed E-state index contributed by atoms with van der Waals surface area (Å²) in [6, 6.07) is 3.26. The van der Waals surface area contributed by atoms with Crippen LogP contribution in [0.1, 0.15) is 0 Å². The summed E-state index contributed by atoms with van der Waals surface area (Å²) in [5, 5.41) is 20.9. The number of benzene rings is 1. The number of nitrogens with one attached hydrogen (secondary N) is 2. The average molecular weight is 292 g/mol. The molecule has 3 rings (SSSR count). The molecule has 1 aromatic heterocycles. The third kappa shape index (κ3) is 2.68. The first-order valence-corrected chi connectivity index (χ1v) is 6.47. The molecular weight excluding hydrogens is 279 g/mol. The molecule has 9 heteroatoms. The van der Waals surface area contributed by atoms with Crippen LogP contribution in [0.4, 0.5) is 16.0 Å². The fraction of sp³-hybridized carbons (Fsp3) is 0.333. The van der Waals surface area contributed by atoms with Gasteiger partial charge in [0.05, 0.1) is 10.5 Å². The molecule has 0 bridgehead atoms. The topological polar surface area (TPSA) is 100.0 Å². The number of hydrogen-bond donors (Lipinski definition) is 2. The fourth-order valence-corrected chi connectivity index (χ4v) is 2.24. The second-order valence-corrected chi connectivity index (χ2v) is 4.64. The van der Waals surface area contributed by atoms with E-state index in [1.165, 1.54) is 0 Å². The fourth-order valence-electron chi connectivity index (χ4n) is 2.24.